The summed E-state index contributed by atoms with van der Waals surface area (Å²) in [6, 6.07) is 0. The van der Waals surface area contributed by atoms with Crippen LogP contribution in [0.3, 0.4) is 0 Å². The van der Waals surface area contributed by atoms with E-state index in [4.69, 9.17) is 0 Å². The van der Waals surface area contributed by atoms with Crippen LogP contribution in [0.4, 0.5) is 0 Å². The Labute approximate surface area is 117 Å². The van der Waals surface area contributed by atoms with E-state index in [1.807, 2.05) is 13.8 Å². The van der Waals surface area contributed by atoms with Crippen LogP contribution in [-0.4, -0.2) is 21.6 Å². The second-order valence-electron chi connectivity index (χ2n) is 5.20. The molecule has 102 valence electrons. The summed E-state index contributed by atoms with van der Waals surface area (Å²) in [5.74, 6) is 0. The normalized spacial score (nSPS) is 11.9. The van der Waals surface area contributed by atoms with E-state index in [9.17, 15) is 4.79 Å². The lowest BCUT2D eigenvalue weighted by atomic mass is 10.0. The molecule has 1 N–H and O–H groups in total. The molecule has 0 amide bonds. The molecule has 0 radical (unpaired) electrons. The zero-order valence-electron chi connectivity index (χ0n) is 11.8. The predicted molar refractivity (Wildman–Crippen MR) is 78.0 cm³/mol. The number of aryl methyl sites for hydroxylation is 1. The Bertz CT molecular complexity index is 480. The van der Waals surface area contributed by atoms with Gasteiger partial charge in [-0.2, -0.15) is 4.98 Å². The van der Waals surface area contributed by atoms with Crippen LogP contribution in [0.1, 0.15) is 38.6 Å². The number of halogens is 1. The number of aromatic nitrogens is 2. The minimum atomic E-state index is -0.177. The summed E-state index contributed by atoms with van der Waals surface area (Å²) < 4.78 is 2.62. The minimum Gasteiger partial charge on any atom is -0.310 e. The predicted octanol–water partition coefficient (Wildman–Crippen LogP) is 2.40. The van der Waals surface area contributed by atoms with Crippen molar-refractivity contribution in [1.82, 2.24) is 14.9 Å². The van der Waals surface area contributed by atoms with Gasteiger partial charge in [0.15, 0.2) is 0 Å². The number of nitrogens with zero attached hydrogens (tertiary/aromatic N) is 2. The molecular formula is C13H22BrN3O. The van der Waals surface area contributed by atoms with Gasteiger partial charge in [0.25, 0.3) is 0 Å². The molecule has 18 heavy (non-hydrogen) atoms. The summed E-state index contributed by atoms with van der Waals surface area (Å²) in [5, 5.41) is 3.44. The monoisotopic (exact) mass is 315 g/mol. The van der Waals surface area contributed by atoms with Crippen LogP contribution in [0.2, 0.25) is 0 Å². The molecule has 0 aliphatic carbocycles. The first kappa shape index (κ1) is 15.4. The summed E-state index contributed by atoms with van der Waals surface area (Å²) in [7, 11) is 0. The van der Waals surface area contributed by atoms with Crippen molar-refractivity contribution < 1.29 is 0 Å². The fourth-order valence-corrected chi connectivity index (χ4v) is 1.97. The second-order valence-corrected chi connectivity index (χ2v) is 5.99. The first-order chi connectivity index (χ1) is 8.28. The lowest BCUT2D eigenvalue weighted by Crippen LogP contribution is -2.41. The van der Waals surface area contributed by atoms with Crippen molar-refractivity contribution in [2.75, 3.05) is 6.54 Å². The van der Waals surface area contributed by atoms with Crippen molar-refractivity contribution in [1.29, 1.82) is 0 Å². The number of rotatable bonds is 5. The van der Waals surface area contributed by atoms with Gasteiger partial charge in [0.05, 0.1) is 10.2 Å². The first-order valence-electron chi connectivity index (χ1n) is 6.27. The summed E-state index contributed by atoms with van der Waals surface area (Å²) in [6.07, 6.45) is 1.05. The van der Waals surface area contributed by atoms with Crippen LogP contribution in [-0.2, 0) is 6.54 Å². The summed E-state index contributed by atoms with van der Waals surface area (Å²) in [4.78, 5) is 15.8. The molecule has 0 aliphatic heterocycles. The van der Waals surface area contributed by atoms with E-state index in [0.717, 1.165) is 28.8 Å². The van der Waals surface area contributed by atoms with E-state index in [2.05, 4.69) is 47.0 Å². The highest BCUT2D eigenvalue weighted by Crippen LogP contribution is 2.16. The molecule has 0 atom stereocenters. The van der Waals surface area contributed by atoms with Gasteiger partial charge in [0.2, 0.25) is 0 Å². The van der Waals surface area contributed by atoms with Gasteiger partial charge in [-0.3, -0.25) is 4.57 Å². The average molecular weight is 316 g/mol. The maximum absolute atomic E-state index is 11.8. The van der Waals surface area contributed by atoms with Crippen LogP contribution < -0.4 is 11.0 Å². The molecule has 0 saturated carbocycles. The maximum Gasteiger partial charge on any atom is 0.348 e. The molecule has 1 aromatic heterocycles. The van der Waals surface area contributed by atoms with Crippen molar-refractivity contribution in [2.45, 2.75) is 53.1 Å². The lowest BCUT2D eigenvalue weighted by Gasteiger charge is -2.25. The van der Waals surface area contributed by atoms with E-state index in [-0.39, 0.29) is 11.2 Å². The largest absolute Gasteiger partial charge is 0.348 e. The Morgan fingerprint density at radius 3 is 2.56 bits per heavy atom. The van der Waals surface area contributed by atoms with Gasteiger partial charge >= 0.3 is 5.69 Å². The van der Waals surface area contributed by atoms with Gasteiger partial charge in [0, 0.05) is 24.3 Å². The Hall–Kier alpha value is -0.680. The zero-order valence-corrected chi connectivity index (χ0v) is 13.4. The molecule has 0 aliphatic rings. The molecule has 0 aromatic carbocycles. The summed E-state index contributed by atoms with van der Waals surface area (Å²) >= 11 is 3.47. The topological polar surface area (TPSA) is 46.9 Å². The second kappa shape index (κ2) is 5.97. The first-order valence-corrected chi connectivity index (χ1v) is 7.06. The highest BCUT2D eigenvalue weighted by molar-refractivity contribution is 9.10. The van der Waals surface area contributed by atoms with Crippen LogP contribution >= 0.6 is 15.9 Å². The van der Waals surface area contributed by atoms with E-state index in [1.54, 1.807) is 4.57 Å². The number of nitrogens with one attached hydrogen (secondary N) is 1. The van der Waals surface area contributed by atoms with Crippen molar-refractivity contribution in [3.05, 3.63) is 26.3 Å². The van der Waals surface area contributed by atoms with Gasteiger partial charge < -0.3 is 5.32 Å². The third kappa shape index (κ3) is 3.65. The lowest BCUT2D eigenvalue weighted by molar-refractivity contribution is 0.364. The molecule has 4 nitrogen and oxygen atoms in total. The van der Waals surface area contributed by atoms with Crippen molar-refractivity contribution in [2.24, 2.45) is 0 Å². The van der Waals surface area contributed by atoms with Crippen LogP contribution in [0.5, 0.6) is 0 Å². The quantitative estimate of drug-likeness (QED) is 0.907. The van der Waals surface area contributed by atoms with Gasteiger partial charge in [0.1, 0.15) is 0 Å². The fourth-order valence-electron chi connectivity index (χ4n) is 1.67. The highest BCUT2D eigenvalue weighted by Gasteiger charge is 2.14. The van der Waals surface area contributed by atoms with Gasteiger partial charge in [-0.05, 0) is 50.0 Å². The fraction of sp³-hybridized carbons (Fsp3) is 0.692. The Morgan fingerprint density at radius 1 is 1.39 bits per heavy atom. The SMILES string of the molecule is CCC(C)(C)NCCn1c(C)c(Br)c(C)nc1=O. The molecule has 0 spiro atoms. The van der Waals surface area contributed by atoms with Crippen molar-refractivity contribution >= 4 is 15.9 Å². The molecule has 1 rings (SSSR count). The molecule has 0 unspecified atom stereocenters. The summed E-state index contributed by atoms with van der Waals surface area (Å²) in [6.45, 7) is 11.6. The highest BCUT2D eigenvalue weighted by atomic mass is 79.9. The number of hydrogen-bond donors (Lipinski definition) is 1. The van der Waals surface area contributed by atoms with Crippen molar-refractivity contribution in [3.8, 4) is 0 Å². The van der Waals surface area contributed by atoms with Crippen molar-refractivity contribution in [3.63, 3.8) is 0 Å². The average Bonchev–Trinajstić information content (AvgIpc) is 2.31. The Morgan fingerprint density at radius 2 is 2.00 bits per heavy atom. The van der Waals surface area contributed by atoms with Crippen LogP contribution in [0.15, 0.2) is 9.27 Å². The third-order valence-corrected chi connectivity index (χ3v) is 4.50. The maximum atomic E-state index is 11.8. The minimum absolute atomic E-state index is 0.104. The summed E-state index contributed by atoms with van der Waals surface area (Å²) in [5.41, 5.74) is 1.61. The van der Waals surface area contributed by atoms with E-state index < -0.39 is 0 Å². The molecular weight excluding hydrogens is 294 g/mol. The van der Waals surface area contributed by atoms with Gasteiger partial charge in [-0.25, -0.2) is 4.79 Å². The molecule has 0 saturated heterocycles. The molecule has 5 heteroatoms. The van der Waals surface area contributed by atoms with Gasteiger partial charge in [-0.15, -0.1) is 0 Å². The Balaban J connectivity index is 2.81. The third-order valence-electron chi connectivity index (χ3n) is 3.36. The van der Waals surface area contributed by atoms with E-state index in [0.29, 0.717) is 6.54 Å². The molecule has 0 fully saturated rings. The molecule has 0 bridgehead atoms. The smallest absolute Gasteiger partial charge is 0.310 e. The van der Waals surface area contributed by atoms with Gasteiger partial charge in [-0.1, -0.05) is 6.92 Å². The van der Waals surface area contributed by atoms with E-state index >= 15 is 0 Å². The molecule has 1 heterocycles. The van der Waals surface area contributed by atoms with Crippen LogP contribution in [0, 0.1) is 13.8 Å². The van der Waals surface area contributed by atoms with Crippen LogP contribution in [0.25, 0.3) is 0 Å². The standard InChI is InChI=1S/C13H22BrN3O/c1-6-13(4,5)15-7-8-17-10(3)11(14)9(2)16-12(17)18/h15H,6-8H2,1-5H3. The van der Waals surface area contributed by atoms with E-state index in [1.165, 1.54) is 0 Å². The Kier molecular flexibility index (Phi) is 5.10. The number of hydrogen-bond acceptors (Lipinski definition) is 3. The molecule has 1 aromatic rings. The zero-order chi connectivity index (χ0) is 13.9.